The second kappa shape index (κ2) is 9.92. The highest BCUT2D eigenvalue weighted by atomic mass is 16.5. The molecule has 3 rings (SSSR count). The van der Waals surface area contributed by atoms with Crippen LogP contribution in [-0.2, 0) is 22.6 Å². The van der Waals surface area contributed by atoms with E-state index in [0.29, 0.717) is 19.6 Å². The number of aromatic nitrogens is 2. The highest BCUT2D eigenvalue weighted by molar-refractivity contribution is 5.77. The molecule has 0 bridgehead atoms. The van der Waals surface area contributed by atoms with Gasteiger partial charge in [0.25, 0.3) is 0 Å². The summed E-state index contributed by atoms with van der Waals surface area (Å²) in [6, 6.07) is 9.76. The number of carbonyl (C=O) groups excluding carboxylic acids is 1. The smallest absolute Gasteiger partial charge is 0.312 e. The van der Waals surface area contributed by atoms with Crippen molar-refractivity contribution in [3.05, 3.63) is 47.8 Å². The first kappa shape index (κ1) is 21.4. The third-order valence-electron chi connectivity index (χ3n) is 5.88. The molecule has 1 aliphatic heterocycles. The van der Waals surface area contributed by atoms with Crippen LogP contribution in [0.2, 0.25) is 0 Å². The minimum atomic E-state index is -0.454. The summed E-state index contributed by atoms with van der Waals surface area (Å²) in [7, 11) is 0. The van der Waals surface area contributed by atoms with Crippen LogP contribution < -0.4 is 4.74 Å². The standard InChI is InChI=1S/C23H33N3O3/c1-4-26-18-20(19(3)24-26)17-25-14-11-23(12-15-25,22(27)28-5-2)13-16-29-21-9-7-6-8-10-21/h6-10,18H,4-5,11-17H2,1-3H3. The van der Waals surface area contributed by atoms with Crippen molar-refractivity contribution in [1.29, 1.82) is 0 Å². The van der Waals surface area contributed by atoms with Crippen LogP contribution in [0.1, 0.15) is 44.4 Å². The maximum atomic E-state index is 12.8. The van der Waals surface area contributed by atoms with Crippen molar-refractivity contribution in [3.8, 4) is 5.75 Å². The molecule has 0 unspecified atom stereocenters. The lowest BCUT2D eigenvalue weighted by Gasteiger charge is -2.39. The largest absolute Gasteiger partial charge is 0.494 e. The first-order valence-corrected chi connectivity index (χ1v) is 10.7. The Kier molecular flexibility index (Phi) is 7.31. The van der Waals surface area contributed by atoms with Gasteiger partial charge in [-0.2, -0.15) is 5.10 Å². The second-order valence-electron chi connectivity index (χ2n) is 7.78. The van der Waals surface area contributed by atoms with Crippen molar-refractivity contribution >= 4 is 5.97 Å². The Hall–Kier alpha value is -2.34. The predicted molar refractivity (Wildman–Crippen MR) is 113 cm³/mol. The van der Waals surface area contributed by atoms with Crippen molar-refractivity contribution in [2.75, 3.05) is 26.3 Å². The molecule has 0 saturated carbocycles. The van der Waals surface area contributed by atoms with Gasteiger partial charge in [-0.25, -0.2) is 0 Å². The Labute approximate surface area is 173 Å². The maximum Gasteiger partial charge on any atom is 0.312 e. The summed E-state index contributed by atoms with van der Waals surface area (Å²) < 4.78 is 13.3. The number of benzene rings is 1. The van der Waals surface area contributed by atoms with Gasteiger partial charge in [-0.15, -0.1) is 0 Å². The fourth-order valence-electron chi connectivity index (χ4n) is 3.98. The fourth-order valence-corrected chi connectivity index (χ4v) is 3.98. The van der Waals surface area contributed by atoms with Crippen molar-refractivity contribution in [2.24, 2.45) is 5.41 Å². The van der Waals surface area contributed by atoms with E-state index in [0.717, 1.165) is 50.5 Å². The lowest BCUT2D eigenvalue weighted by Crippen LogP contribution is -2.45. The molecular formula is C23H33N3O3. The van der Waals surface area contributed by atoms with Crippen LogP contribution in [0.15, 0.2) is 36.5 Å². The molecule has 0 atom stereocenters. The summed E-state index contributed by atoms with van der Waals surface area (Å²) >= 11 is 0. The molecule has 6 nitrogen and oxygen atoms in total. The molecule has 29 heavy (non-hydrogen) atoms. The molecule has 1 aliphatic rings. The average molecular weight is 400 g/mol. The molecule has 6 heteroatoms. The van der Waals surface area contributed by atoms with E-state index in [9.17, 15) is 4.79 Å². The van der Waals surface area contributed by atoms with Crippen molar-refractivity contribution in [1.82, 2.24) is 14.7 Å². The van der Waals surface area contributed by atoms with Gasteiger partial charge in [0.1, 0.15) is 5.75 Å². The van der Waals surface area contributed by atoms with E-state index in [1.165, 1.54) is 5.56 Å². The SMILES string of the molecule is CCOC(=O)C1(CCOc2ccccc2)CCN(Cc2cn(CC)nc2C)CC1. The molecule has 158 valence electrons. The molecule has 0 N–H and O–H groups in total. The number of nitrogens with zero attached hydrogens (tertiary/aromatic N) is 3. The van der Waals surface area contributed by atoms with Gasteiger partial charge in [0, 0.05) is 24.8 Å². The van der Waals surface area contributed by atoms with Gasteiger partial charge < -0.3 is 9.47 Å². The topological polar surface area (TPSA) is 56.6 Å². The number of para-hydroxylation sites is 1. The van der Waals surface area contributed by atoms with Crippen LogP contribution in [0, 0.1) is 12.3 Å². The average Bonchev–Trinajstić information content (AvgIpc) is 3.10. The fraction of sp³-hybridized carbons (Fsp3) is 0.565. The predicted octanol–water partition coefficient (Wildman–Crippen LogP) is 3.83. The van der Waals surface area contributed by atoms with Gasteiger partial charge in [-0.05, 0) is 65.3 Å². The van der Waals surface area contributed by atoms with Crippen molar-refractivity contribution < 1.29 is 14.3 Å². The lowest BCUT2D eigenvalue weighted by molar-refractivity contribution is -0.159. The molecule has 2 heterocycles. The molecule has 0 amide bonds. The van der Waals surface area contributed by atoms with Crippen LogP contribution in [0.5, 0.6) is 5.75 Å². The highest BCUT2D eigenvalue weighted by Crippen LogP contribution is 2.37. The first-order valence-electron chi connectivity index (χ1n) is 10.7. The summed E-state index contributed by atoms with van der Waals surface area (Å²) in [6.07, 6.45) is 4.41. The molecule has 1 saturated heterocycles. The van der Waals surface area contributed by atoms with Crippen molar-refractivity contribution in [3.63, 3.8) is 0 Å². The Balaban J connectivity index is 1.59. The van der Waals surface area contributed by atoms with Crippen LogP contribution >= 0.6 is 0 Å². The highest BCUT2D eigenvalue weighted by Gasteiger charge is 2.42. The number of hydrogen-bond donors (Lipinski definition) is 0. The zero-order valence-electron chi connectivity index (χ0n) is 17.9. The van der Waals surface area contributed by atoms with E-state index < -0.39 is 5.41 Å². The van der Waals surface area contributed by atoms with Gasteiger partial charge in [0.05, 0.1) is 24.3 Å². The molecule has 1 aromatic carbocycles. The summed E-state index contributed by atoms with van der Waals surface area (Å²) in [5, 5.41) is 4.54. The van der Waals surface area contributed by atoms with E-state index in [4.69, 9.17) is 9.47 Å². The summed E-state index contributed by atoms with van der Waals surface area (Å²) in [4.78, 5) is 15.2. The molecule has 0 aliphatic carbocycles. The summed E-state index contributed by atoms with van der Waals surface area (Å²) in [6.45, 7) is 10.5. The molecule has 0 radical (unpaired) electrons. The molecule has 1 aromatic heterocycles. The molecule has 1 fully saturated rings. The monoisotopic (exact) mass is 399 g/mol. The number of rotatable bonds is 9. The van der Waals surface area contributed by atoms with Crippen LogP contribution in [0.4, 0.5) is 0 Å². The van der Waals surface area contributed by atoms with Gasteiger partial charge in [-0.1, -0.05) is 18.2 Å². The third-order valence-corrected chi connectivity index (χ3v) is 5.88. The maximum absolute atomic E-state index is 12.8. The van der Waals surface area contributed by atoms with E-state index in [1.54, 1.807) is 0 Å². The van der Waals surface area contributed by atoms with E-state index in [1.807, 2.05) is 41.9 Å². The second-order valence-corrected chi connectivity index (χ2v) is 7.78. The Morgan fingerprint density at radius 1 is 1.17 bits per heavy atom. The minimum Gasteiger partial charge on any atom is -0.494 e. The third kappa shape index (κ3) is 5.38. The van der Waals surface area contributed by atoms with Gasteiger partial charge in [0.15, 0.2) is 0 Å². The number of esters is 1. The van der Waals surface area contributed by atoms with Crippen molar-refractivity contribution in [2.45, 2.75) is 53.1 Å². The van der Waals surface area contributed by atoms with Gasteiger partial charge in [0.2, 0.25) is 0 Å². The number of piperidine rings is 1. The molecular weight excluding hydrogens is 366 g/mol. The normalized spacial score (nSPS) is 16.5. The summed E-state index contributed by atoms with van der Waals surface area (Å²) in [5.74, 6) is 0.763. The molecule has 0 spiro atoms. The Morgan fingerprint density at radius 3 is 2.52 bits per heavy atom. The minimum absolute atomic E-state index is 0.0775. The lowest BCUT2D eigenvalue weighted by atomic mass is 9.75. The molecule has 2 aromatic rings. The van der Waals surface area contributed by atoms with E-state index in [-0.39, 0.29) is 5.97 Å². The number of hydrogen-bond acceptors (Lipinski definition) is 5. The Bertz CT molecular complexity index is 780. The van der Waals surface area contributed by atoms with Gasteiger partial charge >= 0.3 is 5.97 Å². The van der Waals surface area contributed by atoms with Crippen LogP contribution in [0.25, 0.3) is 0 Å². The summed E-state index contributed by atoms with van der Waals surface area (Å²) in [5.41, 5.74) is 1.90. The number of aryl methyl sites for hydroxylation is 2. The van der Waals surface area contributed by atoms with E-state index in [2.05, 4.69) is 30.0 Å². The Morgan fingerprint density at radius 2 is 1.90 bits per heavy atom. The quantitative estimate of drug-likeness (QED) is 0.600. The van der Waals surface area contributed by atoms with E-state index >= 15 is 0 Å². The number of carbonyl (C=O) groups is 1. The first-order chi connectivity index (χ1) is 14.1. The zero-order chi connectivity index (χ0) is 20.7. The van der Waals surface area contributed by atoms with Gasteiger partial charge in [-0.3, -0.25) is 14.4 Å². The zero-order valence-corrected chi connectivity index (χ0v) is 17.9. The van der Waals surface area contributed by atoms with Crippen LogP contribution in [-0.4, -0.2) is 47.0 Å². The number of ether oxygens (including phenoxy) is 2. The van der Waals surface area contributed by atoms with Crippen LogP contribution in [0.3, 0.4) is 0 Å². The number of likely N-dealkylation sites (tertiary alicyclic amines) is 1.